The molecule has 3 aromatic rings. The number of benzene rings is 1. The van der Waals surface area contributed by atoms with Crippen molar-refractivity contribution in [2.75, 3.05) is 17.2 Å². The van der Waals surface area contributed by atoms with Crippen molar-refractivity contribution in [3.05, 3.63) is 58.6 Å². The molecule has 2 aromatic heterocycles. The quantitative estimate of drug-likeness (QED) is 0.397. The van der Waals surface area contributed by atoms with E-state index in [2.05, 4.69) is 32.4 Å². The van der Waals surface area contributed by atoms with E-state index < -0.39 is 0 Å². The van der Waals surface area contributed by atoms with E-state index in [1.54, 1.807) is 17.8 Å². The van der Waals surface area contributed by atoms with Crippen LogP contribution in [0.1, 0.15) is 16.3 Å². The molecule has 0 spiro atoms. The molecular formula is C18H19N5OS3. The molecule has 0 bridgehead atoms. The van der Waals surface area contributed by atoms with Gasteiger partial charge in [0.25, 0.3) is 0 Å². The Morgan fingerprint density at radius 3 is 3.00 bits per heavy atom. The van der Waals surface area contributed by atoms with Crippen LogP contribution < -0.4 is 10.6 Å². The molecule has 0 saturated heterocycles. The summed E-state index contributed by atoms with van der Waals surface area (Å²) in [6, 6.07) is 7.73. The maximum atomic E-state index is 12.2. The molecule has 0 unspecified atom stereocenters. The van der Waals surface area contributed by atoms with Gasteiger partial charge in [0, 0.05) is 23.4 Å². The van der Waals surface area contributed by atoms with Gasteiger partial charge < -0.3 is 10.6 Å². The monoisotopic (exact) mass is 417 g/mol. The number of carbonyl (C=O) groups is 1. The summed E-state index contributed by atoms with van der Waals surface area (Å²) >= 11 is 4.60. The molecule has 0 aliphatic carbocycles. The van der Waals surface area contributed by atoms with Crippen molar-refractivity contribution in [1.29, 1.82) is 0 Å². The summed E-state index contributed by atoms with van der Waals surface area (Å²) in [6.45, 7) is 6.30. The molecule has 0 saturated carbocycles. The van der Waals surface area contributed by atoms with Crippen molar-refractivity contribution in [2.24, 2.45) is 0 Å². The number of anilines is 2. The fourth-order valence-corrected chi connectivity index (χ4v) is 4.73. The molecule has 2 heterocycles. The average Bonchev–Trinajstić information content (AvgIpc) is 3.29. The van der Waals surface area contributed by atoms with E-state index in [-0.39, 0.29) is 12.3 Å². The Kier molecular flexibility index (Phi) is 6.97. The standard InChI is InChI=1S/C18H19N5OS3/c1-3-8-19-17-22-23-18(27-17)26-11-13-10-25-16(20-13)9-15(24)21-14-7-5-4-6-12(14)2/h3-7,10H,1,8-9,11H2,2H3,(H,19,22)(H,21,24). The van der Waals surface area contributed by atoms with E-state index in [1.807, 2.05) is 36.6 Å². The van der Waals surface area contributed by atoms with Crippen LogP contribution in [0.4, 0.5) is 10.8 Å². The van der Waals surface area contributed by atoms with E-state index in [4.69, 9.17) is 0 Å². The lowest BCUT2D eigenvalue weighted by atomic mass is 10.2. The van der Waals surface area contributed by atoms with Crippen LogP contribution in [-0.4, -0.2) is 27.6 Å². The summed E-state index contributed by atoms with van der Waals surface area (Å²) in [5.74, 6) is 0.645. The van der Waals surface area contributed by atoms with Gasteiger partial charge in [0.1, 0.15) is 5.01 Å². The number of aryl methyl sites for hydroxylation is 1. The lowest BCUT2D eigenvalue weighted by molar-refractivity contribution is -0.115. The highest BCUT2D eigenvalue weighted by Gasteiger charge is 2.11. The summed E-state index contributed by atoms with van der Waals surface area (Å²) < 4.78 is 0.883. The molecule has 0 aliphatic heterocycles. The molecule has 27 heavy (non-hydrogen) atoms. The Morgan fingerprint density at radius 1 is 1.33 bits per heavy atom. The summed E-state index contributed by atoms with van der Waals surface area (Å²) in [5.41, 5.74) is 2.83. The molecule has 2 N–H and O–H groups in total. The minimum Gasteiger partial charge on any atom is -0.357 e. The highest BCUT2D eigenvalue weighted by molar-refractivity contribution is 8.00. The van der Waals surface area contributed by atoms with E-state index >= 15 is 0 Å². The van der Waals surface area contributed by atoms with Gasteiger partial charge in [-0.3, -0.25) is 4.79 Å². The molecule has 0 aliphatic rings. The molecule has 3 rings (SSSR count). The van der Waals surface area contributed by atoms with Crippen molar-refractivity contribution in [2.45, 2.75) is 23.4 Å². The summed E-state index contributed by atoms with van der Waals surface area (Å²) in [7, 11) is 0. The van der Waals surface area contributed by atoms with Gasteiger partial charge in [-0.15, -0.1) is 28.1 Å². The number of carbonyl (C=O) groups excluding carboxylic acids is 1. The van der Waals surface area contributed by atoms with Gasteiger partial charge in [0.2, 0.25) is 11.0 Å². The second kappa shape index (κ2) is 9.63. The van der Waals surface area contributed by atoms with Crippen LogP contribution in [0.25, 0.3) is 0 Å². The third-order valence-corrected chi connectivity index (χ3v) is 6.42. The average molecular weight is 418 g/mol. The smallest absolute Gasteiger partial charge is 0.231 e. The predicted molar refractivity (Wildman–Crippen MR) is 114 cm³/mol. The van der Waals surface area contributed by atoms with Crippen molar-refractivity contribution in [3.8, 4) is 0 Å². The largest absolute Gasteiger partial charge is 0.357 e. The van der Waals surface area contributed by atoms with Crippen LogP contribution in [-0.2, 0) is 17.0 Å². The van der Waals surface area contributed by atoms with E-state index in [0.29, 0.717) is 12.3 Å². The summed E-state index contributed by atoms with van der Waals surface area (Å²) in [4.78, 5) is 16.8. The fourth-order valence-electron chi connectivity index (χ4n) is 2.18. The highest BCUT2D eigenvalue weighted by Crippen LogP contribution is 2.28. The first-order valence-electron chi connectivity index (χ1n) is 8.24. The zero-order valence-electron chi connectivity index (χ0n) is 14.8. The van der Waals surface area contributed by atoms with Crippen LogP contribution in [0.2, 0.25) is 0 Å². The topological polar surface area (TPSA) is 79.8 Å². The second-order valence-electron chi connectivity index (χ2n) is 5.60. The molecular weight excluding hydrogens is 398 g/mol. The van der Waals surface area contributed by atoms with E-state index in [9.17, 15) is 4.79 Å². The van der Waals surface area contributed by atoms with Crippen LogP contribution in [0.3, 0.4) is 0 Å². The number of thioether (sulfide) groups is 1. The molecule has 0 atom stereocenters. The molecule has 1 amide bonds. The van der Waals surface area contributed by atoms with E-state index in [1.165, 1.54) is 22.7 Å². The highest BCUT2D eigenvalue weighted by atomic mass is 32.2. The molecule has 0 radical (unpaired) electrons. The zero-order chi connectivity index (χ0) is 19.1. The summed E-state index contributed by atoms with van der Waals surface area (Å²) in [5, 5.41) is 17.8. The number of amides is 1. The number of thiazole rings is 1. The minimum atomic E-state index is -0.0556. The number of rotatable bonds is 9. The Labute approximate surface area is 170 Å². The molecule has 140 valence electrons. The fraction of sp³-hybridized carbons (Fsp3) is 0.222. The first kappa shape index (κ1) is 19.5. The maximum Gasteiger partial charge on any atom is 0.231 e. The van der Waals surface area contributed by atoms with Crippen molar-refractivity contribution in [1.82, 2.24) is 15.2 Å². The normalized spacial score (nSPS) is 10.6. The minimum absolute atomic E-state index is 0.0556. The molecule has 9 heteroatoms. The number of para-hydroxylation sites is 1. The van der Waals surface area contributed by atoms with Crippen LogP contribution in [0.5, 0.6) is 0 Å². The zero-order valence-corrected chi connectivity index (χ0v) is 17.2. The predicted octanol–water partition coefficient (Wildman–Crippen LogP) is 4.37. The third kappa shape index (κ3) is 5.88. The van der Waals surface area contributed by atoms with E-state index in [0.717, 1.165) is 31.4 Å². The van der Waals surface area contributed by atoms with Crippen LogP contribution >= 0.6 is 34.4 Å². The van der Waals surface area contributed by atoms with Gasteiger partial charge in [-0.25, -0.2) is 4.98 Å². The Balaban J connectivity index is 1.49. The number of nitrogens with zero attached hydrogens (tertiary/aromatic N) is 3. The molecule has 6 nitrogen and oxygen atoms in total. The molecule has 1 aromatic carbocycles. The number of hydrogen-bond acceptors (Lipinski definition) is 8. The van der Waals surface area contributed by atoms with Crippen LogP contribution in [0, 0.1) is 6.92 Å². The van der Waals surface area contributed by atoms with Crippen molar-refractivity contribution >= 4 is 51.2 Å². The van der Waals surface area contributed by atoms with Crippen molar-refractivity contribution < 1.29 is 4.79 Å². The van der Waals surface area contributed by atoms with Crippen LogP contribution in [0.15, 0.2) is 46.6 Å². The third-order valence-electron chi connectivity index (χ3n) is 3.48. The number of aromatic nitrogens is 3. The Hall–Kier alpha value is -2.23. The Morgan fingerprint density at radius 2 is 2.19 bits per heavy atom. The lowest BCUT2D eigenvalue weighted by Crippen LogP contribution is -2.15. The maximum absolute atomic E-state index is 12.2. The van der Waals surface area contributed by atoms with Gasteiger partial charge in [-0.2, -0.15) is 0 Å². The first-order valence-corrected chi connectivity index (χ1v) is 10.9. The van der Waals surface area contributed by atoms with Crippen molar-refractivity contribution in [3.63, 3.8) is 0 Å². The second-order valence-corrected chi connectivity index (χ2v) is 8.75. The van der Waals surface area contributed by atoms with Gasteiger partial charge in [0.15, 0.2) is 4.34 Å². The first-order chi connectivity index (χ1) is 13.1. The number of hydrogen-bond donors (Lipinski definition) is 2. The van der Waals surface area contributed by atoms with Gasteiger partial charge >= 0.3 is 0 Å². The Bertz CT molecular complexity index is 921. The molecule has 0 fully saturated rings. The number of nitrogens with one attached hydrogen (secondary N) is 2. The summed E-state index contributed by atoms with van der Waals surface area (Å²) in [6.07, 6.45) is 2.05. The van der Waals surface area contributed by atoms with Gasteiger partial charge in [-0.05, 0) is 18.6 Å². The van der Waals surface area contributed by atoms with Gasteiger partial charge in [0.05, 0.1) is 12.1 Å². The lowest BCUT2D eigenvalue weighted by Gasteiger charge is -2.06. The SMILES string of the molecule is C=CCNc1nnc(SCc2csc(CC(=O)Nc3ccccc3C)n2)s1. The van der Waals surface area contributed by atoms with Gasteiger partial charge in [-0.1, -0.05) is 47.4 Å².